The SMILES string of the molecule is Cc1nc(NC(=O)CCc2ccc(S(=O)(=O)NC3CC3)cc2)sc1Cc1ccc(F)cc1. The van der Waals surface area contributed by atoms with Crippen LogP contribution in [0.15, 0.2) is 53.4 Å². The van der Waals surface area contributed by atoms with Gasteiger partial charge >= 0.3 is 0 Å². The average Bonchev–Trinajstić information content (AvgIpc) is 3.50. The van der Waals surface area contributed by atoms with Crippen molar-refractivity contribution in [1.82, 2.24) is 9.71 Å². The Morgan fingerprint density at radius 3 is 2.41 bits per heavy atom. The first-order chi connectivity index (χ1) is 15.3. The zero-order valence-electron chi connectivity index (χ0n) is 17.6. The molecule has 1 heterocycles. The molecule has 1 aliphatic carbocycles. The van der Waals surface area contributed by atoms with Gasteiger partial charge in [0.25, 0.3) is 0 Å². The summed E-state index contributed by atoms with van der Waals surface area (Å²) in [4.78, 5) is 18.0. The number of amides is 1. The molecule has 0 aliphatic heterocycles. The minimum atomic E-state index is -3.47. The highest BCUT2D eigenvalue weighted by molar-refractivity contribution is 7.89. The van der Waals surface area contributed by atoms with Gasteiger partial charge in [-0.15, -0.1) is 11.3 Å². The van der Waals surface area contributed by atoms with Crippen LogP contribution in [-0.4, -0.2) is 25.4 Å². The highest BCUT2D eigenvalue weighted by Crippen LogP contribution is 2.26. The van der Waals surface area contributed by atoms with Crippen molar-refractivity contribution in [3.8, 4) is 0 Å². The van der Waals surface area contributed by atoms with E-state index in [1.165, 1.54) is 23.5 Å². The number of halogens is 1. The normalized spacial score (nSPS) is 13.8. The lowest BCUT2D eigenvalue weighted by molar-refractivity contribution is -0.116. The molecular weight excluding hydrogens is 449 g/mol. The van der Waals surface area contributed by atoms with E-state index in [0.29, 0.717) is 18.0 Å². The van der Waals surface area contributed by atoms with Crippen molar-refractivity contribution in [3.05, 3.63) is 76.0 Å². The minimum Gasteiger partial charge on any atom is -0.302 e. The third-order valence-corrected chi connectivity index (χ3v) is 7.80. The molecule has 1 aliphatic rings. The van der Waals surface area contributed by atoms with E-state index in [-0.39, 0.29) is 29.1 Å². The number of sulfonamides is 1. The van der Waals surface area contributed by atoms with E-state index in [1.807, 2.05) is 6.92 Å². The van der Waals surface area contributed by atoms with Crippen molar-refractivity contribution in [2.75, 3.05) is 5.32 Å². The van der Waals surface area contributed by atoms with Crippen LogP contribution in [0.2, 0.25) is 0 Å². The molecule has 2 N–H and O–H groups in total. The number of nitrogens with one attached hydrogen (secondary N) is 2. The van der Waals surface area contributed by atoms with Crippen LogP contribution >= 0.6 is 11.3 Å². The number of benzene rings is 2. The maximum absolute atomic E-state index is 13.1. The lowest BCUT2D eigenvalue weighted by Gasteiger charge is -2.07. The fraction of sp³-hybridized carbons (Fsp3) is 0.304. The van der Waals surface area contributed by atoms with E-state index < -0.39 is 10.0 Å². The predicted octanol–water partition coefficient (Wildman–Crippen LogP) is 4.19. The van der Waals surface area contributed by atoms with Gasteiger partial charge in [0.2, 0.25) is 15.9 Å². The van der Waals surface area contributed by atoms with Crippen molar-refractivity contribution in [3.63, 3.8) is 0 Å². The predicted molar refractivity (Wildman–Crippen MR) is 123 cm³/mol. The average molecular weight is 474 g/mol. The van der Waals surface area contributed by atoms with E-state index in [9.17, 15) is 17.6 Å². The van der Waals surface area contributed by atoms with Crippen LogP contribution < -0.4 is 10.0 Å². The molecular formula is C23H24FN3O3S2. The zero-order chi connectivity index (χ0) is 22.7. The van der Waals surface area contributed by atoms with Gasteiger partial charge in [0.15, 0.2) is 5.13 Å². The van der Waals surface area contributed by atoms with Gasteiger partial charge in [-0.3, -0.25) is 4.79 Å². The Hall–Kier alpha value is -2.62. The van der Waals surface area contributed by atoms with E-state index >= 15 is 0 Å². The van der Waals surface area contributed by atoms with Crippen molar-refractivity contribution >= 4 is 32.4 Å². The molecule has 1 aromatic heterocycles. The van der Waals surface area contributed by atoms with Crippen LogP contribution in [-0.2, 0) is 27.7 Å². The maximum atomic E-state index is 13.1. The molecule has 1 fully saturated rings. The number of aryl methyl sites for hydroxylation is 2. The molecule has 9 heteroatoms. The molecule has 32 heavy (non-hydrogen) atoms. The first kappa shape index (κ1) is 22.6. The van der Waals surface area contributed by atoms with Crippen LogP contribution in [0.1, 0.15) is 41.0 Å². The molecule has 0 unspecified atom stereocenters. The van der Waals surface area contributed by atoms with Gasteiger partial charge in [0, 0.05) is 23.8 Å². The number of hydrogen-bond acceptors (Lipinski definition) is 5. The summed E-state index contributed by atoms with van der Waals surface area (Å²) in [5, 5.41) is 3.37. The standard InChI is InChI=1S/C23H24FN3O3S2/c1-15-21(14-17-2-7-18(24)8-3-17)31-23(25-15)26-22(28)13-6-16-4-11-20(12-5-16)32(29,30)27-19-9-10-19/h2-5,7-8,11-12,19,27H,6,9-10,13-14H2,1H3,(H,25,26,28). The van der Waals surface area contributed by atoms with E-state index in [0.717, 1.165) is 34.5 Å². The van der Waals surface area contributed by atoms with Gasteiger partial charge < -0.3 is 5.32 Å². The topological polar surface area (TPSA) is 88.2 Å². The van der Waals surface area contributed by atoms with Gasteiger partial charge in [-0.25, -0.2) is 22.5 Å². The molecule has 2 aromatic carbocycles. The molecule has 168 valence electrons. The second kappa shape index (κ2) is 9.48. The second-order valence-corrected chi connectivity index (χ2v) is 10.7. The fourth-order valence-corrected chi connectivity index (χ4v) is 5.51. The molecule has 1 saturated carbocycles. The van der Waals surface area contributed by atoms with Crippen LogP contribution in [0.3, 0.4) is 0 Å². The van der Waals surface area contributed by atoms with Crippen LogP contribution in [0, 0.1) is 12.7 Å². The lowest BCUT2D eigenvalue weighted by Crippen LogP contribution is -2.25. The molecule has 0 bridgehead atoms. The fourth-order valence-electron chi connectivity index (χ4n) is 3.20. The van der Waals surface area contributed by atoms with Crippen molar-refractivity contribution < 1.29 is 17.6 Å². The zero-order valence-corrected chi connectivity index (χ0v) is 19.2. The van der Waals surface area contributed by atoms with Gasteiger partial charge in [0.1, 0.15) is 5.82 Å². The molecule has 0 spiro atoms. The maximum Gasteiger partial charge on any atom is 0.240 e. The molecule has 0 saturated heterocycles. The van der Waals surface area contributed by atoms with Gasteiger partial charge in [0.05, 0.1) is 10.6 Å². The highest BCUT2D eigenvalue weighted by atomic mass is 32.2. The molecule has 0 radical (unpaired) electrons. The Kier molecular flexibility index (Phi) is 6.68. The summed E-state index contributed by atoms with van der Waals surface area (Å²) in [6.45, 7) is 1.89. The Morgan fingerprint density at radius 2 is 1.75 bits per heavy atom. The third kappa shape index (κ3) is 5.99. The Balaban J connectivity index is 1.30. The summed E-state index contributed by atoms with van der Waals surface area (Å²) in [7, 11) is -3.47. The highest BCUT2D eigenvalue weighted by Gasteiger charge is 2.27. The van der Waals surface area contributed by atoms with Gasteiger partial charge in [-0.2, -0.15) is 0 Å². The molecule has 0 atom stereocenters. The van der Waals surface area contributed by atoms with Crippen LogP contribution in [0.5, 0.6) is 0 Å². The molecule has 1 amide bonds. The summed E-state index contributed by atoms with van der Waals surface area (Å²) in [5.41, 5.74) is 2.71. The number of thiazole rings is 1. The largest absolute Gasteiger partial charge is 0.302 e. The quantitative estimate of drug-likeness (QED) is 0.488. The number of nitrogens with zero attached hydrogens (tertiary/aromatic N) is 1. The second-order valence-electron chi connectivity index (χ2n) is 7.92. The van der Waals surface area contributed by atoms with Gasteiger partial charge in [-0.05, 0) is 61.6 Å². The number of anilines is 1. The van der Waals surface area contributed by atoms with E-state index in [1.54, 1.807) is 36.4 Å². The van der Waals surface area contributed by atoms with Crippen LogP contribution in [0.25, 0.3) is 0 Å². The molecule has 3 aromatic rings. The third-order valence-electron chi connectivity index (χ3n) is 5.19. The van der Waals surface area contributed by atoms with E-state index in [4.69, 9.17) is 0 Å². The van der Waals surface area contributed by atoms with E-state index in [2.05, 4.69) is 15.0 Å². The Labute approximate surface area is 191 Å². The Morgan fingerprint density at radius 1 is 1.09 bits per heavy atom. The molecule has 6 nitrogen and oxygen atoms in total. The van der Waals surface area contributed by atoms with Crippen molar-refractivity contribution in [2.24, 2.45) is 0 Å². The van der Waals surface area contributed by atoms with Gasteiger partial charge in [-0.1, -0.05) is 24.3 Å². The smallest absolute Gasteiger partial charge is 0.240 e. The first-order valence-corrected chi connectivity index (χ1v) is 12.7. The summed E-state index contributed by atoms with van der Waals surface area (Å²) in [6, 6.07) is 13.0. The summed E-state index contributed by atoms with van der Waals surface area (Å²) in [5.74, 6) is -0.423. The minimum absolute atomic E-state index is 0.0640. The number of rotatable bonds is 9. The number of aromatic nitrogens is 1. The number of carbonyl (C=O) groups excluding carboxylic acids is 1. The molecule has 4 rings (SSSR count). The monoisotopic (exact) mass is 473 g/mol. The lowest BCUT2D eigenvalue weighted by atomic mass is 10.1. The first-order valence-electron chi connectivity index (χ1n) is 10.4. The number of hydrogen-bond donors (Lipinski definition) is 2. The van der Waals surface area contributed by atoms with Crippen LogP contribution in [0.4, 0.5) is 9.52 Å². The van der Waals surface area contributed by atoms with Crippen molar-refractivity contribution in [2.45, 2.75) is 50.0 Å². The summed E-state index contributed by atoms with van der Waals surface area (Å²) < 4.78 is 40.2. The Bertz CT molecular complexity index is 1200. The summed E-state index contributed by atoms with van der Waals surface area (Å²) >= 11 is 1.41. The summed E-state index contributed by atoms with van der Waals surface area (Å²) in [6.07, 6.45) is 3.16. The number of carbonyl (C=O) groups is 1. The van der Waals surface area contributed by atoms with Crippen molar-refractivity contribution in [1.29, 1.82) is 0 Å².